The summed E-state index contributed by atoms with van der Waals surface area (Å²) in [5.74, 6) is 0. The summed E-state index contributed by atoms with van der Waals surface area (Å²) in [4.78, 5) is 0. The molecule has 0 spiro atoms. The van der Waals surface area contributed by atoms with Crippen molar-refractivity contribution in [1.29, 1.82) is 0 Å². The van der Waals surface area contributed by atoms with Crippen LogP contribution in [0.4, 0.5) is 43.2 Å². The molecule has 0 aromatic carbocycles. The summed E-state index contributed by atoms with van der Waals surface area (Å²) < 4.78 is 116. The molecule has 16 heteroatoms. The van der Waals surface area contributed by atoms with Crippen molar-refractivity contribution in [2.75, 3.05) is 0 Å². The van der Waals surface area contributed by atoms with Gasteiger partial charge >= 0.3 is 28.6 Å². The van der Waals surface area contributed by atoms with Crippen molar-refractivity contribution in [2.24, 2.45) is 0 Å². The van der Waals surface area contributed by atoms with Crippen molar-refractivity contribution in [3.63, 3.8) is 0 Å². The third kappa shape index (κ3) is 1.67. The molecule has 0 aromatic heterocycles. The number of halogens is 10. The highest BCUT2D eigenvalue weighted by molar-refractivity contribution is 6.99. The van der Waals surface area contributed by atoms with Crippen LogP contribution in [0.1, 0.15) is 0 Å². The molecule has 0 atom stereocenters. The summed E-state index contributed by atoms with van der Waals surface area (Å²) in [7, 11) is -27.3. The second-order valence-corrected chi connectivity index (χ2v) is 2.92. The summed E-state index contributed by atoms with van der Waals surface area (Å²) in [5, 5.41) is 0. The van der Waals surface area contributed by atoms with Gasteiger partial charge in [0.2, 0.25) is 0 Å². The zero-order chi connectivity index (χ0) is 13.2. The van der Waals surface area contributed by atoms with Gasteiger partial charge in [0, 0.05) is 0 Å². The third-order valence-electron chi connectivity index (χ3n) is 1.88. The molecule has 1 rings (SSSR count). The van der Waals surface area contributed by atoms with E-state index in [2.05, 4.69) is 0 Å². The molecule has 0 aromatic rings. The van der Waals surface area contributed by atoms with Gasteiger partial charge in [0.25, 0.3) is 0 Å². The van der Waals surface area contributed by atoms with Crippen LogP contribution in [-0.2, 0) is 8.24 Å². The second kappa shape index (κ2) is 3.03. The zero-order valence-electron chi connectivity index (χ0n) is 6.91. The molecule has 1 saturated heterocycles. The summed E-state index contributed by atoms with van der Waals surface area (Å²) >= 11 is 0. The van der Waals surface area contributed by atoms with Crippen molar-refractivity contribution >= 4 is 28.6 Å². The van der Waals surface area contributed by atoms with E-state index in [9.17, 15) is 43.2 Å². The highest BCUT2D eigenvalue weighted by atomic mass is 19.4. The lowest BCUT2D eigenvalue weighted by atomic mass is 9.77. The van der Waals surface area contributed by atoms with Gasteiger partial charge in [0.05, 0.1) is 0 Å². The van der Waals surface area contributed by atoms with Crippen molar-refractivity contribution in [2.45, 2.75) is 0 Å². The Kier molecular flexibility index (Phi) is 2.56. The van der Waals surface area contributed by atoms with Crippen LogP contribution in [0.5, 0.6) is 0 Å². The van der Waals surface area contributed by atoms with Gasteiger partial charge in [-0.1, -0.05) is 0 Å². The van der Waals surface area contributed by atoms with Crippen molar-refractivity contribution in [3.8, 4) is 0 Å². The molecule has 0 aliphatic carbocycles. The SMILES string of the molecule is F[B-](F)(F)[O+]1[B-](F)(F)[O+]([B-](F)(F)F)[B-]1(F)F. The molecule has 1 aliphatic rings. The van der Waals surface area contributed by atoms with E-state index in [0.717, 1.165) is 0 Å². The molecule has 0 saturated carbocycles. The molecule has 0 amide bonds. The van der Waals surface area contributed by atoms with Crippen LogP contribution in [0, 0.1) is 0 Å². The van der Waals surface area contributed by atoms with E-state index in [4.69, 9.17) is 0 Å². The van der Waals surface area contributed by atoms with Crippen LogP contribution >= 0.6 is 0 Å². The highest BCUT2D eigenvalue weighted by Gasteiger charge is 2.87. The monoisotopic (exact) mass is 266 g/mol. The van der Waals surface area contributed by atoms with Gasteiger partial charge < -0.3 is 51.4 Å². The van der Waals surface area contributed by atoms with Crippen molar-refractivity contribution < 1.29 is 51.4 Å². The second-order valence-electron chi connectivity index (χ2n) is 2.92. The average Bonchev–Trinajstić information content (AvgIpc) is 1.69. The molecule has 96 valence electrons. The Bertz CT molecular complexity index is 246. The van der Waals surface area contributed by atoms with E-state index in [1.54, 1.807) is 0 Å². The Morgan fingerprint density at radius 3 is 0.875 bits per heavy atom. The van der Waals surface area contributed by atoms with Crippen LogP contribution in [0.3, 0.4) is 0 Å². The zero-order valence-corrected chi connectivity index (χ0v) is 6.91. The molecule has 1 fully saturated rings. The summed E-state index contributed by atoms with van der Waals surface area (Å²) in [5.41, 5.74) is 0. The quantitative estimate of drug-likeness (QED) is 0.411. The minimum atomic E-state index is -7.00. The van der Waals surface area contributed by atoms with Crippen LogP contribution < -0.4 is 0 Å². The molecule has 1 aliphatic heterocycles. The molecular formula is B4F10O2-2. The predicted octanol–water partition coefficient (Wildman–Crippen LogP) is 2.54. The van der Waals surface area contributed by atoms with Gasteiger partial charge in [0.15, 0.2) is 0 Å². The minimum absolute atomic E-state index is 1.67. The first-order chi connectivity index (χ1) is 6.73. The van der Waals surface area contributed by atoms with E-state index in [1.807, 2.05) is 0 Å². The maximum Gasteiger partial charge on any atom is 0.824 e. The molecule has 2 nitrogen and oxygen atoms in total. The fourth-order valence-corrected chi connectivity index (χ4v) is 1.29. The Balaban J connectivity index is 3.15. The number of hydrogen-bond donors (Lipinski definition) is 0. The van der Waals surface area contributed by atoms with Gasteiger partial charge in [-0.3, -0.25) is 0 Å². The smallest absolute Gasteiger partial charge is 0.824 e. The Morgan fingerprint density at radius 1 is 0.562 bits per heavy atom. The predicted molar refractivity (Wildman–Crippen MR) is 36.3 cm³/mol. The van der Waals surface area contributed by atoms with Gasteiger partial charge in [0.1, 0.15) is 0 Å². The molecule has 0 radical (unpaired) electrons. The Hall–Kier alpha value is -0.520. The summed E-state index contributed by atoms with van der Waals surface area (Å²) in [6.07, 6.45) is 0. The number of rotatable bonds is 2. The third-order valence-corrected chi connectivity index (χ3v) is 1.88. The minimum Gasteiger partial charge on any atom is -0.843 e. The van der Waals surface area contributed by atoms with Crippen LogP contribution in [0.15, 0.2) is 0 Å². The Labute approximate surface area is 81.2 Å². The fraction of sp³-hybridized carbons (Fsp3) is 0. The van der Waals surface area contributed by atoms with E-state index in [0.29, 0.717) is 0 Å². The molecule has 0 bridgehead atoms. The molecule has 0 N–H and O–H groups in total. The van der Waals surface area contributed by atoms with E-state index in [1.165, 1.54) is 0 Å². The Morgan fingerprint density at radius 2 is 0.750 bits per heavy atom. The van der Waals surface area contributed by atoms with Crippen LogP contribution in [-0.4, -0.2) is 28.6 Å². The van der Waals surface area contributed by atoms with Crippen molar-refractivity contribution in [3.05, 3.63) is 0 Å². The van der Waals surface area contributed by atoms with E-state index < -0.39 is 36.8 Å². The van der Waals surface area contributed by atoms with Gasteiger partial charge in [-0.15, -0.1) is 0 Å². The van der Waals surface area contributed by atoms with Gasteiger partial charge in [-0.25, -0.2) is 0 Å². The summed E-state index contributed by atoms with van der Waals surface area (Å²) in [6, 6.07) is 0. The van der Waals surface area contributed by atoms with Crippen molar-refractivity contribution in [1.82, 2.24) is 0 Å². The molecule has 1 heterocycles. The first kappa shape index (κ1) is 13.5. The van der Waals surface area contributed by atoms with E-state index in [-0.39, 0.29) is 0 Å². The van der Waals surface area contributed by atoms with Crippen LogP contribution in [0.25, 0.3) is 0 Å². The maximum absolute atomic E-state index is 12.3. The lowest BCUT2D eigenvalue weighted by Gasteiger charge is -2.74. The van der Waals surface area contributed by atoms with Crippen LogP contribution in [0.2, 0.25) is 0 Å². The van der Waals surface area contributed by atoms with Gasteiger partial charge in [-0.2, -0.15) is 0 Å². The van der Waals surface area contributed by atoms with Gasteiger partial charge in [-0.05, 0) is 0 Å². The average molecular weight is 265 g/mol. The highest BCUT2D eigenvalue weighted by Crippen LogP contribution is 2.57. The normalized spacial score (nSPS) is 26.6. The summed E-state index contributed by atoms with van der Waals surface area (Å²) in [6.45, 7) is 0. The maximum atomic E-state index is 12.3. The fourth-order valence-electron chi connectivity index (χ4n) is 1.29. The van der Waals surface area contributed by atoms with E-state index >= 15 is 0 Å². The number of hydrogen-bond acceptors (Lipinski definition) is 0. The molecule has 16 heavy (non-hydrogen) atoms. The lowest BCUT2D eigenvalue weighted by molar-refractivity contribution is -0.132. The lowest BCUT2D eigenvalue weighted by Crippen LogP contribution is -2.85. The standard InChI is InChI=1S/B4F10O2/c5-1(6,7)15-3(11,12)16(2(8,9)10)4(15,13)14/q-2. The largest absolute Gasteiger partial charge is 0.843 e. The topological polar surface area (TPSA) is 5.40 Å². The first-order valence-corrected chi connectivity index (χ1v) is 3.60. The first-order valence-electron chi connectivity index (χ1n) is 3.60. The molecule has 0 unspecified atom stereocenters. The molecular weight excluding hydrogens is 265 g/mol.